The molecule has 0 aliphatic carbocycles. The topological polar surface area (TPSA) is 53.1 Å². The van der Waals surface area contributed by atoms with Gasteiger partial charge in [0.05, 0.1) is 18.5 Å². The van der Waals surface area contributed by atoms with Gasteiger partial charge in [0, 0.05) is 16.1 Å². The minimum atomic E-state index is 0.593. The fourth-order valence-corrected chi connectivity index (χ4v) is 2.37. The lowest BCUT2D eigenvalue weighted by molar-refractivity contribution is 0.415. The summed E-state index contributed by atoms with van der Waals surface area (Å²) in [6.45, 7) is 0. The third-order valence-corrected chi connectivity index (χ3v) is 3.70. The molecule has 0 amide bonds. The van der Waals surface area contributed by atoms with E-state index in [4.69, 9.17) is 10.5 Å². The molecular weight excluding hydrogens is 330 g/mol. The third kappa shape index (κ3) is 2.78. The predicted octanol–water partition coefficient (Wildman–Crippen LogP) is 3.89. The summed E-state index contributed by atoms with van der Waals surface area (Å²) >= 11 is 3.42. The van der Waals surface area contributed by atoms with Gasteiger partial charge in [0.2, 0.25) is 0 Å². The van der Waals surface area contributed by atoms with Crippen LogP contribution >= 0.6 is 15.9 Å². The first-order valence-electron chi connectivity index (χ1n) is 6.43. The molecule has 0 saturated carbocycles. The Balaban J connectivity index is 2.02. The number of ether oxygens (including phenoxy) is 1. The first-order chi connectivity index (χ1) is 10.2. The van der Waals surface area contributed by atoms with Crippen LogP contribution in [0.25, 0.3) is 16.9 Å². The number of halogens is 1. The van der Waals surface area contributed by atoms with Crippen LogP contribution in [0.1, 0.15) is 0 Å². The van der Waals surface area contributed by atoms with Crippen molar-refractivity contribution in [3.8, 4) is 22.7 Å². The molecule has 1 aromatic heterocycles. The van der Waals surface area contributed by atoms with E-state index in [0.717, 1.165) is 27.2 Å². The summed E-state index contributed by atoms with van der Waals surface area (Å²) in [5.41, 5.74) is 8.78. The van der Waals surface area contributed by atoms with E-state index in [0.29, 0.717) is 5.82 Å². The molecule has 3 aromatic rings. The van der Waals surface area contributed by atoms with E-state index in [-0.39, 0.29) is 0 Å². The average molecular weight is 344 g/mol. The van der Waals surface area contributed by atoms with Crippen LogP contribution in [0, 0.1) is 0 Å². The highest BCUT2D eigenvalue weighted by Gasteiger charge is 2.09. The van der Waals surface area contributed by atoms with E-state index in [9.17, 15) is 0 Å². The van der Waals surface area contributed by atoms with Crippen molar-refractivity contribution in [3.63, 3.8) is 0 Å². The molecule has 2 N–H and O–H groups in total. The van der Waals surface area contributed by atoms with Gasteiger partial charge in [-0.3, -0.25) is 0 Å². The summed E-state index contributed by atoms with van der Waals surface area (Å²) in [5.74, 6) is 1.39. The molecule has 0 atom stereocenters. The predicted molar refractivity (Wildman–Crippen MR) is 87.7 cm³/mol. The number of hydrogen-bond acceptors (Lipinski definition) is 3. The van der Waals surface area contributed by atoms with Crippen LogP contribution in [0.5, 0.6) is 5.75 Å². The standard InChI is InChI=1S/C16H14BrN3O/c1-21-14-4-2-3-11(9-14)15-10-16(18)20(19-15)13-7-5-12(17)6-8-13/h2-10H,18H2,1H3. The maximum absolute atomic E-state index is 6.08. The van der Waals surface area contributed by atoms with Crippen LogP contribution < -0.4 is 10.5 Å². The Labute approximate surface area is 131 Å². The van der Waals surface area contributed by atoms with Crippen molar-refractivity contribution in [2.75, 3.05) is 12.8 Å². The quantitative estimate of drug-likeness (QED) is 0.784. The smallest absolute Gasteiger partial charge is 0.127 e. The van der Waals surface area contributed by atoms with Gasteiger partial charge in [0.25, 0.3) is 0 Å². The van der Waals surface area contributed by atoms with Crippen molar-refractivity contribution in [1.29, 1.82) is 0 Å². The van der Waals surface area contributed by atoms with Crippen molar-refractivity contribution in [1.82, 2.24) is 9.78 Å². The summed E-state index contributed by atoms with van der Waals surface area (Å²) in [5, 5.41) is 4.58. The number of rotatable bonds is 3. The Hall–Kier alpha value is -2.27. The van der Waals surface area contributed by atoms with Gasteiger partial charge in [-0.25, -0.2) is 4.68 Å². The summed E-state index contributed by atoms with van der Waals surface area (Å²) in [6.07, 6.45) is 0. The highest BCUT2D eigenvalue weighted by molar-refractivity contribution is 9.10. The van der Waals surface area contributed by atoms with Crippen molar-refractivity contribution < 1.29 is 4.74 Å². The second-order valence-electron chi connectivity index (χ2n) is 4.57. The average Bonchev–Trinajstić information content (AvgIpc) is 2.90. The number of hydrogen-bond donors (Lipinski definition) is 1. The zero-order valence-electron chi connectivity index (χ0n) is 11.5. The summed E-state index contributed by atoms with van der Waals surface area (Å²) in [4.78, 5) is 0. The second-order valence-corrected chi connectivity index (χ2v) is 5.49. The number of nitrogens with zero attached hydrogens (tertiary/aromatic N) is 2. The summed E-state index contributed by atoms with van der Waals surface area (Å²) in [6, 6.07) is 17.5. The Morgan fingerprint density at radius 3 is 2.57 bits per heavy atom. The molecule has 21 heavy (non-hydrogen) atoms. The zero-order chi connectivity index (χ0) is 14.8. The first-order valence-corrected chi connectivity index (χ1v) is 7.22. The van der Waals surface area contributed by atoms with Crippen LogP contribution in [0.4, 0.5) is 5.82 Å². The number of nitrogen functional groups attached to an aromatic ring is 1. The third-order valence-electron chi connectivity index (χ3n) is 3.17. The molecule has 3 rings (SSSR count). The number of anilines is 1. The monoisotopic (exact) mass is 343 g/mol. The molecular formula is C16H14BrN3O. The molecule has 0 aliphatic rings. The van der Waals surface area contributed by atoms with Gasteiger partial charge >= 0.3 is 0 Å². The molecule has 0 aliphatic heterocycles. The van der Waals surface area contributed by atoms with Gasteiger partial charge < -0.3 is 10.5 Å². The SMILES string of the molecule is COc1cccc(-c2cc(N)n(-c3ccc(Br)cc3)n2)c1. The van der Waals surface area contributed by atoms with Gasteiger partial charge in [-0.15, -0.1) is 0 Å². The van der Waals surface area contributed by atoms with Crippen LogP contribution in [-0.2, 0) is 0 Å². The Morgan fingerprint density at radius 1 is 1.10 bits per heavy atom. The maximum Gasteiger partial charge on any atom is 0.127 e. The Kier molecular flexibility index (Phi) is 3.66. The molecule has 0 fully saturated rings. The lowest BCUT2D eigenvalue weighted by atomic mass is 10.1. The molecule has 106 valence electrons. The molecule has 1 heterocycles. The molecule has 0 unspecified atom stereocenters. The number of nitrogens with two attached hydrogens (primary N) is 1. The van der Waals surface area contributed by atoms with Gasteiger partial charge in [-0.1, -0.05) is 28.1 Å². The van der Waals surface area contributed by atoms with Crippen LogP contribution in [-0.4, -0.2) is 16.9 Å². The number of aromatic nitrogens is 2. The minimum Gasteiger partial charge on any atom is -0.497 e. The Bertz CT molecular complexity index is 765. The van der Waals surface area contributed by atoms with Crippen LogP contribution in [0.15, 0.2) is 59.1 Å². The van der Waals surface area contributed by atoms with E-state index < -0.39 is 0 Å². The highest BCUT2D eigenvalue weighted by atomic mass is 79.9. The van der Waals surface area contributed by atoms with Crippen molar-refractivity contribution >= 4 is 21.7 Å². The van der Waals surface area contributed by atoms with E-state index in [2.05, 4.69) is 21.0 Å². The minimum absolute atomic E-state index is 0.593. The summed E-state index contributed by atoms with van der Waals surface area (Å²) < 4.78 is 7.98. The normalized spacial score (nSPS) is 10.6. The van der Waals surface area contributed by atoms with E-state index in [1.54, 1.807) is 11.8 Å². The van der Waals surface area contributed by atoms with Crippen LogP contribution in [0.3, 0.4) is 0 Å². The highest BCUT2D eigenvalue weighted by Crippen LogP contribution is 2.26. The molecule has 5 heteroatoms. The maximum atomic E-state index is 6.08. The van der Waals surface area contributed by atoms with Crippen LogP contribution in [0.2, 0.25) is 0 Å². The van der Waals surface area contributed by atoms with Crippen molar-refractivity contribution in [3.05, 3.63) is 59.1 Å². The fraction of sp³-hybridized carbons (Fsp3) is 0.0625. The van der Waals surface area contributed by atoms with Gasteiger partial charge in [-0.05, 0) is 36.4 Å². The first kappa shape index (κ1) is 13.7. The van der Waals surface area contributed by atoms with Gasteiger partial charge in [0.15, 0.2) is 0 Å². The number of methoxy groups -OCH3 is 1. The Morgan fingerprint density at radius 2 is 1.86 bits per heavy atom. The zero-order valence-corrected chi connectivity index (χ0v) is 13.0. The van der Waals surface area contributed by atoms with Gasteiger partial charge in [-0.2, -0.15) is 5.10 Å². The van der Waals surface area contributed by atoms with Crippen molar-refractivity contribution in [2.45, 2.75) is 0 Å². The molecule has 0 spiro atoms. The van der Waals surface area contributed by atoms with E-state index in [1.165, 1.54) is 0 Å². The summed E-state index contributed by atoms with van der Waals surface area (Å²) in [7, 11) is 1.65. The van der Waals surface area contributed by atoms with Gasteiger partial charge in [0.1, 0.15) is 11.6 Å². The molecule has 4 nitrogen and oxygen atoms in total. The molecule has 0 bridgehead atoms. The van der Waals surface area contributed by atoms with E-state index in [1.807, 2.05) is 54.6 Å². The lowest BCUT2D eigenvalue weighted by Gasteiger charge is -2.04. The molecule has 2 aromatic carbocycles. The van der Waals surface area contributed by atoms with Crippen molar-refractivity contribution in [2.24, 2.45) is 0 Å². The lowest BCUT2D eigenvalue weighted by Crippen LogP contribution is -2.01. The number of benzene rings is 2. The molecule has 0 saturated heterocycles. The van der Waals surface area contributed by atoms with E-state index >= 15 is 0 Å². The largest absolute Gasteiger partial charge is 0.497 e. The second kappa shape index (κ2) is 5.61. The molecule has 0 radical (unpaired) electrons. The fourth-order valence-electron chi connectivity index (χ4n) is 2.11.